The van der Waals surface area contributed by atoms with E-state index in [1.165, 1.54) is 26.2 Å². The van der Waals surface area contributed by atoms with Crippen molar-refractivity contribution in [3.8, 4) is 11.1 Å². The lowest BCUT2D eigenvalue weighted by molar-refractivity contribution is -0.137. The van der Waals surface area contributed by atoms with E-state index in [1.807, 2.05) is 0 Å². The van der Waals surface area contributed by atoms with Crippen LogP contribution in [0.25, 0.3) is 11.1 Å². The van der Waals surface area contributed by atoms with Gasteiger partial charge in [-0.25, -0.2) is 12.7 Å². The standard InChI is InChI=1S/C15H14F3NO2S/c1-19(2)22(20,21)12-8-9-13(11-6-4-3-5-7-11)14(10-12)15(16,17)18/h3-10H,1-2H3. The van der Waals surface area contributed by atoms with Crippen molar-refractivity contribution in [2.75, 3.05) is 14.1 Å². The lowest BCUT2D eigenvalue weighted by Gasteiger charge is -2.17. The number of benzene rings is 2. The van der Waals surface area contributed by atoms with Crippen LogP contribution in [0, 0.1) is 0 Å². The molecule has 0 amide bonds. The lowest BCUT2D eigenvalue weighted by Crippen LogP contribution is -2.23. The van der Waals surface area contributed by atoms with Gasteiger partial charge in [0.1, 0.15) is 0 Å². The Kier molecular flexibility index (Phi) is 4.30. The molecule has 0 aromatic heterocycles. The maximum absolute atomic E-state index is 13.3. The second-order valence-corrected chi connectivity index (χ2v) is 7.01. The number of halogens is 3. The summed E-state index contributed by atoms with van der Waals surface area (Å²) in [5.41, 5.74) is -0.643. The van der Waals surface area contributed by atoms with Crippen LogP contribution in [0.2, 0.25) is 0 Å². The molecule has 0 fully saturated rings. The fourth-order valence-electron chi connectivity index (χ4n) is 2.00. The zero-order valence-corrected chi connectivity index (χ0v) is 12.7. The minimum Gasteiger partial charge on any atom is -0.207 e. The van der Waals surface area contributed by atoms with Crippen LogP contribution in [0.15, 0.2) is 53.4 Å². The quantitative estimate of drug-likeness (QED) is 0.862. The van der Waals surface area contributed by atoms with Crippen LogP contribution < -0.4 is 0 Å². The van der Waals surface area contributed by atoms with E-state index >= 15 is 0 Å². The van der Waals surface area contributed by atoms with E-state index in [2.05, 4.69) is 0 Å². The summed E-state index contributed by atoms with van der Waals surface area (Å²) >= 11 is 0. The van der Waals surface area contributed by atoms with Crippen LogP contribution in [0.1, 0.15) is 5.56 Å². The first-order chi connectivity index (χ1) is 10.1. The first-order valence-electron chi connectivity index (χ1n) is 6.33. The molecule has 7 heteroatoms. The average Bonchev–Trinajstić information content (AvgIpc) is 2.46. The van der Waals surface area contributed by atoms with Crippen LogP contribution >= 0.6 is 0 Å². The molecule has 0 atom stereocenters. The number of sulfonamides is 1. The molecule has 2 aromatic carbocycles. The van der Waals surface area contributed by atoms with Gasteiger partial charge in [0.05, 0.1) is 10.5 Å². The van der Waals surface area contributed by atoms with Gasteiger partial charge in [0.15, 0.2) is 0 Å². The van der Waals surface area contributed by atoms with Crippen LogP contribution in [0.4, 0.5) is 13.2 Å². The van der Waals surface area contributed by atoms with Crippen molar-refractivity contribution in [3.05, 3.63) is 54.1 Å². The van der Waals surface area contributed by atoms with Gasteiger partial charge in [-0.05, 0) is 23.3 Å². The normalized spacial score (nSPS) is 12.6. The highest BCUT2D eigenvalue weighted by molar-refractivity contribution is 7.89. The van der Waals surface area contributed by atoms with Crippen LogP contribution in [-0.2, 0) is 16.2 Å². The Morgan fingerprint density at radius 2 is 1.55 bits per heavy atom. The van der Waals surface area contributed by atoms with Crippen molar-refractivity contribution in [2.24, 2.45) is 0 Å². The molecule has 118 valence electrons. The highest BCUT2D eigenvalue weighted by atomic mass is 32.2. The van der Waals surface area contributed by atoms with Gasteiger partial charge < -0.3 is 0 Å². The Balaban J connectivity index is 2.69. The minimum absolute atomic E-state index is 0.0502. The summed E-state index contributed by atoms with van der Waals surface area (Å²) in [4.78, 5) is -0.385. The molecule has 0 saturated heterocycles. The maximum Gasteiger partial charge on any atom is 0.417 e. The molecular weight excluding hydrogens is 315 g/mol. The summed E-state index contributed by atoms with van der Waals surface area (Å²) in [7, 11) is -1.38. The summed E-state index contributed by atoms with van der Waals surface area (Å²) < 4.78 is 64.8. The number of hydrogen-bond donors (Lipinski definition) is 0. The Labute approximate surface area is 127 Å². The largest absolute Gasteiger partial charge is 0.417 e. The third-order valence-corrected chi connectivity index (χ3v) is 4.97. The summed E-state index contributed by atoms with van der Waals surface area (Å²) in [6.07, 6.45) is -4.65. The van der Waals surface area contributed by atoms with Crippen molar-refractivity contribution in [1.82, 2.24) is 4.31 Å². The van der Waals surface area contributed by atoms with Crippen molar-refractivity contribution in [1.29, 1.82) is 0 Å². The van der Waals surface area contributed by atoms with Gasteiger partial charge in [-0.3, -0.25) is 0 Å². The van der Waals surface area contributed by atoms with Gasteiger partial charge in [-0.15, -0.1) is 0 Å². The molecule has 0 unspecified atom stereocenters. The van der Waals surface area contributed by atoms with Crippen LogP contribution in [0.5, 0.6) is 0 Å². The predicted octanol–water partition coefficient (Wildman–Crippen LogP) is 3.62. The van der Waals surface area contributed by atoms with Gasteiger partial charge in [-0.2, -0.15) is 13.2 Å². The molecular formula is C15H14F3NO2S. The monoisotopic (exact) mass is 329 g/mol. The van der Waals surface area contributed by atoms with E-state index in [1.54, 1.807) is 30.3 Å². The van der Waals surface area contributed by atoms with E-state index in [0.29, 0.717) is 11.6 Å². The zero-order chi connectivity index (χ0) is 16.5. The van der Waals surface area contributed by atoms with Crippen molar-refractivity contribution < 1.29 is 21.6 Å². The molecule has 3 nitrogen and oxygen atoms in total. The average molecular weight is 329 g/mol. The number of alkyl halides is 3. The van der Waals surface area contributed by atoms with Crippen molar-refractivity contribution >= 4 is 10.0 Å². The molecule has 0 spiro atoms. The Morgan fingerprint density at radius 1 is 0.955 bits per heavy atom. The molecule has 2 aromatic rings. The maximum atomic E-state index is 13.3. The highest BCUT2D eigenvalue weighted by Gasteiger charge is 2.35. The molecule has 22 heavy (non-hydrogen) atoms. The fraction of sp³-hybridized carbons (Fsp3) is 0.200. The molecule has 0 N–H and O–H groups in total. The second kappa shape index (κ2) is 5.73. The molecule has 0 aliphatic heterocycles. The molecule has 0 aliphatic rings. The van der Waals surface area contributed by atoms with Gasteiger partial charge in [0.2, 0.25) is 10.0 Å². The SMILES string of the molecule is CN(C)S(=O)(=O)c1ccc(-c2ccccc2)c(C(F)(F)F)c1. The van der Waals surface area contributed by atoms with Gasteiger partial charge in [-0.1, -0.05) is 36.4 Å². The fourth-order valence-corrected chi connectivity index (χ4v) is 2.93. The van der Waals surface area contributed by atoms with E-state index in [4.69, 9.17) is 0 Å². The lowest BCUT2D eigenvalue weighted by atomic mass is 9.99. The minimum atomic E-state index is -4.65. The van der Waals surface area contributed by atoms with Crippen LogP contribution in [0.3, 0.4) is 0 Å². The first-order valence-corrected chi connectivity index (χ1v) is 7.77. The highest BCUT2D eigenvalue weighted by Crippen LogP contribution is 2.38. The molecule has 0 saturated carbocycles. The summed E-state index contributed by atoms with van der Waals surface area (Å²) in [5, 5.41) is 0. The van der Waals surface area contributed by atoms with Gasteiger partial charge >= 0.3 is 6.18 Å². The summed E-state index contributed by atoms with van der Waals surface area (Å²) in [6, 6.07) is 11.1. The second-order valence-electron chi connectivity index (χ2n) is 4.86. The van der Waals surface area contributed by atoms with E-state index in [0.717, 1.165) is 4.31 Å². The topological polar surface area (TPSA) is 37.4 Å². The summed E-state index contributed by atoms with van der Waals surface area (Å²) in [5.74, 6) is 0. The van der Waals surface area contributed by atoms with E-state index in [-0.39, 0.29) is 10.5 Å². The molecule has 2 rings (SSSR count). The Morgan fingerprint density at radius 3 is 2.05 bits per heavy atom. The smallest absolute Gasteiger partial charge is 0.207 e. The van der Waals surface area contributed by atoms with Crippen molar-refractivity contribution in [2.45, 2.75) is 11.1 Å². The van der Waals surface area contributed by atoms with E-state index < -0.39 is 21.8 Å². The molecule has 0 radical (unpaired) electrons. The Hall–Kier alpha value is -1.86. The Bertz CT molecular complexity index is 769. The van der Waals surface area contributed by atoms with Crippen molar-refractivity contribution in [3.63, 3.8) is 0 Å². The number of nitrogens with zero attached hydrogens (tertiary/aromatic N) is 1. The predicted molar refractivity (Wildman–Crippen MR) is 77.8 cm³/mol. The third-order valence-electron chi connectivity index (χ3n) is 3.16. The first kappa shape index (κ1) is 16.5. The van der Waals surface area contributed by atoms with Gasteiger partial charge in [0.25, 0.3) is 0 Å². The number of rotatable bonds is 3. The van der Waals surface area contributed by atoms with E-state index in [9.17, 15) is 21.6 Å². The third kappa shape index (κ3) is 3.15. The van der Waals surface area contributed by atoms with Gasteiger partial charge in [0, 0.05) is 14.1 Å². The molecule has 0 bridgehead atoms. The zero-order valence-electron chi connectivity index (χ0n) is 11.9. The molecule has 0 aliphatic carbocycles. The van der Waals surface area contributed by atoms with Crippen LogP contribution in [-0.4, -0.2) is 26.8 Å². The molecule has 0 heterocycles. The number of hydrogen-bond acceptors (Lipinski definition) is 2. The summed E-state index contributed by atoms with van der Waals surface area (Å²) in [6.45, 7) is 0.